The largest absolute Gasteiger partial charge is 0.403 e. The van der Waals surface area contributed by atoms with Crippen molar-refractivity contribution >= 4 is 22.8 Å². The van der Waals surface area contributed by atoms with Crippen LogP contribution in [-0.4, -0.2) is 92.2 Å². The summed E-state index contributed by atoms with van der Waals surface area (Å²) in [5.41, 5.74) is 2.48. The van der Waals surface area contributed by atoms with Gasteiger partial charge in [-0.1, -0.05) is 6.07 Å². The first-order valence-corrected chi connectivity index (χ1v) is 15.5. The van der Waals surface area contributed by atoms with Crippen molar-refractivity contribution in [2.45, 2.75) is 44.6 Å². The number of hydrogen-bond acceptors (Lipinski definition) is 7. The third-order valence-electron chi connectivity index (χ3n) is 9.67. The topological polar surface area (TPSA) is 94.1 Å². The van der Waals surface area contributed by atoms with Crippen LogP contribution in [0.1, 0.15) is 42.9 Å². The molecule has 1 saturated carbocycles. The molecule has 2 saturated heterocycles. The lowest BCUT2D eigenvalue weighted by atomic mass is 9.99. The molecule has 4 aromatic rings. The summed E-state index contributed by atoms with van der Waals surface area (Å²) in [5.74, 6) is -0.999. The van der Waals surface area contributed by atoms with Crippen LogP contribution in [0.3, 0.4) is 0 Å². The van der Waals surface area contributed by atoms with E-state index in [-0.39, 0.29) is 45.1 Å². The molecule has 47 heavy (non-hydrogen) atoms. The van der Waals surface area contributed by atoms with Crippen molar-refractivity contribution in [3.05, 3.63) is 66.0 Å². The fourth-order valence-electron chi connectivity index (χ4n) is 6.45. The number of imidazole rings is 1. The van der Waals surface area contributed by atoms with E-state index in [9.17, 15) is 31.1 Å². The smallest absolute Gasteiger partial charge is 0.355 e. The first-order chi connectivity index (χ1) is 22.3. The monoisotopic (exact) mass is 658 g/mol. The van der Waals surface area contributed by atoms with Gasteiger partial charge in [0.1, 0.15) is 23.4 Å². The standard InChI is InChI=1S/C32H32F6N8O/c1-19(44-8-10-45(11-9-44)29(47)30(5-6-30)32(36,37)38)20-4-7-39-23(12-20)14-27-42-24-3-2-21(13-26(24)43-27)25-15-28(41-18-40-25)46-16-22(17-46)31(33,34)35/h2-4,7,12-13,15,18-19,22H,5-6,8-11,14,16-17H2,1H3,(H,42,43). The van der Waals surface area contributed by atoms with E-state index in [1.54, 1.807) is 17.2 Å². The fourth-order valence-corrected chi connectivity index (χ4v) is 6.45. The molecule has 1 amide bonds. The second-order valence-electron chi connectivity index (χ2n) is 12.7. The summed E-state index contributed by atoms with van der Waals surface area (Å²) in [7, 11) is 0. The van der Waals surface area contributed by atoms with Gasteiger partial charge in [0.25, 0.3) is 0 Å². The minimum Gasteiger partial charge on any atom is -0.355 e. The van der Waals surface area contributed by atoms with Crippen LogP contribution in [0.5, 0.6) is 0 Å². The molecule has 1 atom stereocenters. The second kappa shape index (κ2) is 11.5. The van der Waals surface area contributed by atoms with E-state index in [1.165, 1.54) is 11.2 Å². The zero-order chi connectivity index (χ0) is 33.1. The molecule has 2 aliphatic heterocycles. The first kappa shape index (κ1) is 31.3. The number of amides is 1. The highest BCUT2D eigenvalue weighted by Crippen LogP contribution is 2.58. The third-order valence-corrected chi connectivity index (χ3v) is 9.67. The Balaban J connectivity index is 0.992. The Morgan fingerprint density at radius 3 is 2.40 bits per heavy atom. The number of carbonyl (C=O) groups excluding carboxylic acids is 1. The maximum Gasteiger partial charge on any atom is 0.403 e. The number of fused-ring (bicyclic) bond motifs is 1. The number of hydrogen-bond donors (Lipinski definition) is 1. The van der Waals surface area contributed by atoms with Gasteiger partial charge in [0, 0.05) is 75.3 Å². The van der Waals surface area contributed by atoms with Crippen LogP contribution in [-0.2, 0) is 11.2 Å². The van der Waals surface area contributed by atoms with E-state index in [1.807, 2.05) is 37.3 Å². The number of halogens is 6. The molecule has 7 rings (SSSR count). The third kappa shape index (κ3) is 6.01. The molecular formula is C32H32F6N8O. The van der Waals surface area contributed by atoms with Crippen molar-refractivity contribution in [2.24, 2.45) is 11.3 Å². The molecule has 0 spiro atoms. The highest BCUT2D eigenvalue weighted by molar-refractivity contribution is 5.86. The van der Waals surface area contributed by atoms with E-state index >= 15 is 0 Å². The summed E-state index contributed by atoms with van der Waals surface area (Å²) < 4.78 is 79.2. The van der Waals surface area contributed by atoms with Crippen LogP contribution in [0.15, 0.2) is 48.9 Å². The van der Waals surface area contributed by atoms with Crippen molar-refractivity contribution in [2.75, 3.05) is 44.2 Å². The highest BCUT2D eigenvalue weighted by Gasteiger charge is 2.69. The number of pyridine rings is 1. The summed E-state index contributed by atoms with van der Waals surface area (Å²) in [5, 5.41) is 0. The van der Waals surface area contributed by atoms with Gasteiger partial charge in [0.2, 0.25) is 5.91 Å². The van der Waals surface area contributed by atoms with Crippen LogP contribution in [0, 0.1) is 11.3 Å². The minimum atomic E-state index is -4.51. The van der Waals surface area contributed by atoms with E-state index in [0.29, 0.717) is 36.8 Å². The Morgan fingerprint density at radius 2 is 1.72 bits per heavy atom. The van der Waals surface area contributed by atoms with E-state index in [2.05, 4.69) is 24.8 Å². The van der Waals surface area contributed by atoms with Crippen LogP contribution in [0.4, 0.5) is 32.2 Å². The number of alkyl halides is 6. The Morgan fingerprint density at radius 1 is 0.979 bits per heavy atom. The molecule has 3 aliphatic rings. The summed E-state index contributed by atoms with van der Waals surface area (Å²) in [6.45, 7) is 3.25. The lowest BCUT2D eigenvalue weighted by molar-refractivity contribution is -0.199. The number of H-pyrrole nitrogens is 1. The maximum absolute atomic E-state index is 13.5. The van der Waals surface area contributed by atoms with Crippen LogP contribution < -0.4 is 4.90 Å². The molecule has 248 valence electrons. The van der Waals surface area contributed by atoms with Gasteiger partial charge in [-0.3, -0.25) is 14.7 Å². The van der Waals surface area contributed by atoms with Gasteiger partial charge in [0.05, 0.1) is 22.6 Å². The number of carbonyl (C=O) groups is 1. The Hall–Kier alpha value is -4.27. The number of aromatic amines is 1. The Bertz CT molecular complexity index is 1790. The molecule has 5 heterocycles. The van der Waals surface area contributed by atoms with Gasteiger partial charge >= 0.3 is 12.4 Å². The van der Waals surface area contributed by atoms with Gasteiger partial charge in [-0.25, -0.2) is 15.0 Å². The van der Waals surface area contributed by atoms with Crippen molar-refractivity contribution < 1.29 is 31.1 Å². The average molecular weight is 659 g/mol. The van der Waals surface area contributed by atoms with Crippen LogP contribution in [0.2, 0.25) is 0 Å². The normalized spacial score (nSPS) is 19.6. The van der Waals surface area contributed by atoms with Crippen LogP contribution in [0.25, 0.3) is 22.3 Å². The van der Waals surface area contributed by atoms with Gasteiger partial charge < -0.3 is 14.8 Å². The Kier molecular flexibility index (Phi) is 7.64. The van der Waals surface area contributed by atoms with Crippen LogP contribution >= 0.6 is 0 Å². The van der Waals surface area contributed by atoms with E-state index in [4.69, 9.17) is 4.98 Å². The van der Waals surface area contributed by atoms with Crippen molar-refractivity contribution in [1.29, 1.82) is 0 Å². The van der Waals surface area contributed by atoms with E-state index < -0.39 is 29.6 Å². The van der Waals surface area contributed by atoms with Gasteiger partial charge in [-0.05, 0) is 49.6 Å². The predicted molar refractivity (Wildman–Crippen MR) is 160 cm³/mol. The molecule has 9 nitrogen and oxygen atoms in total. The number of aromatic nitrogens is 5. The summed E-state index contributed by atoms with van der Waals surface area (Å²) in [4.78, 5) is 38.8. The molecule has 0 bridgehead atoms. The molecule has 1 unspecified atom stereocenters. The van der Waals surface area contributed by atoms with Crippen molar-refractivity contribution in [3.63, 3.8) is 0 Å². The number of piperazine rings is 1. The van der Waals surface area contributed by atoms with Gasteiger partial charge in [-0.15, -0.1) is 0 Å². The van der Waals surface area contributed by atoms with Gasteiger partial charge in [0.15, 0.2) is 0 Å². The molecule has 1 aliphatic carbocycles. The number of nitrogens with one attached hydrogen (secondary N) is 1. The lowest BCUT2D eigenvalue weighted by Gasteiger charge is -2.40. The van der Waals surface area contributed by atoms with Crippen molar-refractivity contribution in [3.8, 4) is 11.3 Å². The van der Waals surface area contributed by atoms with E-state index in [0.717, 1.165) is 27.9 Å². The molecule has 0 radical (unpaired) electrons. The zero-order valence-electron chi connectivity index (χ0n) is 25.4. The first-order valence-electron chi connectivity index (χ1n) is 15.5. The molecule has 1 aromatic carbocycles. The average Bonchev–Trinajstić information content (AvgIpc) is 3.74. The molecule has 3 fully saturated rings. The summed E-state index contributed by atoms with van der Waals surface area (Å²) in [6.07, 6.45) is -5.47. The molecule has 15 heteroatoms. The second-order valence-corrected chi connectivity index (χ2v) is 12.7. The summed E-state index contributed by atoms with van der Waals surface area (Å²) in [6, 6.07) is 11.2. The number of benzene rings is 1. The molecule has 3 aromatic heterocycles. The number of nitrogens with zero attached hydrogens (tertiary/aromatic N) is 7. The predicted octanol–water partition coefficient (Wildman–Crippen LogP) is 5.55. The van der Waals surface area contributed by atoms with Crippen molar-refractivity contribution in [1.82, 2.24) is 34.7 Å². The number of anilines is 1. The fraction of sp³-hybridized carbons (Fsp3) is 0.469. The molecule has 1 N–H and O–H groups in total. The maximum atomic E-state index is 13.5. The quantitative estimate of drug-likeness (QED) is 0.260. The highest BCUT2D eigenvalue weighted by atomic mass is 19.4. The van der Waals surface area contributed by atoms with Gasteiger partial charge in [-0.2, -0.15) is 26.3 Å². The molecular weight excluding hydrogens is 626 g/mol. The minimum absolute atomic E-state index is 0.0295. The zero-order valence-corrected chi connectivity index (χ0v) is 25.4. The number of rotatable bonds is 7. The summed E-state index contributed by atoms with van der Waals surface area (Å²) >= 11 is 0. The SMILES string of the molecule is CC(c1ccnc(Cc2nc3ccc(-c4cc(N5CC(C(F)(F)F)C5)ncn4)cc3[nH]2)c1)N1CCN(C(=O)C2(C(F)(F)F)CC2)CC1. The Labute approximate surface area is 266 Å². The lowest BCUT2D eigenvalue weighted by Crippen LogP contribution is -2.53.